The SMILES string of the molecule is COc1ccc(S(=O)(=O)CCN(CCO)CCO)cc1N=Nc1c(NCCOCCO)nc(Nc2ccccc2)c(C#N)c1C.COc1ccc(S(=O)(=O)CCN(CCO)CCO)cc1N=Nc1c(Nc2ccccc2)nc(NCCOCCO)c(C#N)c1C. The van der Waals surface area contributed by atoms with Gasteiger partial charge in [0.2, 0.25) is 0 Å². The van der Waals surface area contributed by atoms with Crippen LogP contribution in [0.25, 0.3) is 0 Å². The van der Waals surface area contributed by atoms with Gasteiger partial charge < -0.3 is 70.9 Å². The van der Waals surface area contributed by atoms with Crippen molar-refractivity contribution in [1.82, 2.24) is 19.8 Å². The number of methoxy groups -OCH3 is 2. The van der Waals surface area contributed by atoms with Crippen LogP contribution in [-0.4, -0.2) is 211 Å². The zero-order valence-electron chi connectivity index (χ0n) is 50.6. The van der Waals surface area contributed by atoms with Crippen molar-refractivity contribution >= 4 is 77.1 Å². The Morgan fingerprint density at radius 2 is 0.878 bits per heavy atom. The number of nitrogens with zero attached hydrogens (tertiary/aromatic N) is 10. The lowest BCUT2D eigenvalue weighted by atomic mass is 10.1. The van der Waals surface area contributed by atoms with Crippen LogP contribution in [0.2, 0.25) is 0 Å². The van der Waals surface area contributed by atoms with Gasteiger partial charge in [0, 0.05) is 74.9 Å². The number of pyridine rings is 2. The van der Waals surface area contributed by atoms with E-state index in [-0.39, 0.29) is 172 Å². The minimum atomic E-state index is -3.77. The Morgan fingerprint density at radius 1 is 0.489 bits per heavy atom. The van der Waals surface area contributed by atoms with Crippen molar-refractivity contribution in [3.8, 4) is 23.6 Å². The number of nitriles is 2. The molecule has 2 heterocycles. The largest absolute Gasteiger partial charge is 0.494 e. The van der Waals surface area contributed by atoms with Gasteiger partial charge >= 0.3 is 0 Å². The topological polar surface area (TPSA) is 404 Å². The van der Waals surface area contributed by atoms with Gasteiger partial charge in [0.25, 0.3) is 0 Å². The molecule has 0 aliphatic heterocycles. The molecule has 90 heavy (non-hydrogen) atoms. The Bertz CT molecular complexity index is 3590. The highest BCUT2D eigenvalue weighted by molar-refractivity contribution is 7.91. The van der Waals surface area contributed by atoms with E-state index in [1.165, 1.54) is 50.6 Å². The summed E-state index contributed by atoms with van der Waals surface area (Å²) in [5, 5.41) is 105. The number of aromatic nitrogens is 2. The number of hydrogen-bond donors (Lipinski definition) is 10. The molecule has 6 rings (SSSR count). The summed E-state index contributed by atoms with van der Waals surface area (Å²) in [6.07, 6.45) is 0. The van der Waals surface area contributed by atoms with E-state index in [9.17, 15) is 47.8 Å². The van der Waals surface area contributed by atoms with Crippen molar-refractivity contribution in [3.05, 3.63) is 119 Å². The molecule has 0 spiro atoms. The molecular formula is C60H78N14O14S2. The summed E-state index contributed by atoms with van der Waals surface area (Å²) in [5.74, 6) is 1.29. The average molecular weight is 1280 g/mol. The second kappa shape index (κ2) is 38.3. The predicted octanol–water partition coefficient (Wildman–Crippen LogP) is 5.82. The molecule has 484 valence electrons. The van der Waals surface area contributed by atoms with Gasteiger partial charge in [-0.05, 0) is 74.5 Å². The molecule has 0 radical (unpaired) electrons. The number of rotatable bonds is 38. The fourth-order valence-electron chi connectivity index (χ4n) is 8.53. The lowest BCUT2D eigenvalue weighted by Crippen LogP contribution is -2.34. The predicted molar refractivity (Wildman–Crippen MR) is 339 cm³/mol. The second-order valence-electron chi connectivity index (χ2n) is 19.3. The van der Waals surface area contributed by atoms with Crippen LogP contribution < -0.4 is 30.7 Å². The van der Waals surface area contributed by atoms with E-state index in [1.54, 1.807) is 23.6 Å². The highest BCUT2D eigenvalue weighted by atomic mass is 32.2. The highest BCUT2D eigenvalue weighted by Gasteiger charge is 2.24. The number of nitrogens with one attached hydrogen (secondary N) is 4. The normalized spacial score (nSPS) is 11.6. The zero-order valence-corrected chi connectivity index (χ0v) is 52.3. The summed E-state index contributed by atoms with van der Waals surface area (Å²) in [5.41, 5.74) is 3.68. The maximum atomic E-state index is 13.2. The number of aliphatic hydroxyl groups excluding tert-OH is 6. The molecule has 0 amide bonds. The van der Waals surface area contributed by atoms with Crippen LogP contribution in [0, 0.1) is 36.5 Å². The minimum Gasteiger partial charge on any atom is -0.494 e. The van der Waals surface area contributed by atoms with E-state index >= 15 is 0 Å². The Morgan fingerprint density at radius 3 is 1.28 bits per heavy atom. The van der Waals surface area contributed by atoms with Gasteiger partial charge in [0.1, 0.15) is 52.2 Å². The van der Waals surface area contributed by atoms with Crippen molar-refractivity contribution in [2.24, 2.45) is 20.5 Å². The molecular weight excluding hydrogens is 1200 g/mol. The highest BCUT2D eigenvalue weighted by Crippen LogP contribution is 2.40. The van der Waals surface area contributed by atoms with E-state index in [4.69, 9.17) is 29.2 Å². The smallest absolute Gasteiger partial charge is 0.179 e. The Labute approximate surface area is 524 Å². The third-order valence-electron chi connectivity index (χ3n) is 13.2. The number of hydrogen-bond acceptors (Lipinski definition) is 28. The number of aliphatic hydroxyl groups is 6. The van der Waals surface area contributed by atoms with Crippen LogP contribution >= 0.6 is 0 Å². The molecule has 0 fully saturated rings. The number of anilines is 6. The fourth-order valence-corrected chi connectivity index (χ4v) is 11.1. The number of para-hydroxylation sites is 2. The Kier molecular flexibility index (Phi) is 30.8. The number of azo groups is 2. The third-order valence-corrected chi connectivity index (χ3v) is 16.6. The van der Waals surface area contributed by atoms with E-state index in [1.807, 2.05) is 60.7 Å². The zero-order chi connectivity index (χ0) is 65.3. The monoisotopic (exact) mass is 1280 g/mol. The average Bonchev–Trinajstić information content (AvgIpc) is 0.920. The summed E-state index contributed by atoms with van der Waals surface area (Å²) in [6.45, 7) is 5.32. The number of ether oxygens (including phenoxy) is 4. The summed E-state index contributed by atoms with van der Waals surface area (Å²) in [7, 11) is -4.69. The minimum absolute atomic E-state index is 0.000419. The van der Waals surface area contributed by atoms with E-state index in [0.29, 0.717) is 53.2 Å². The van der Waals surface area contributed by atoms with Gasteiger partial charge in [-0.15, -0.1) is 20.5 Å². The molecule has 0 bridgehead atoms. The summed E-state index contributed by atoms with van der Waals surface area (Å²) in [6, 6.07) is 31.4. The van der Waals surface area contributed by atoms with Gasteiger partial charge in [-0.2, -0.15) is 10.5 Å². The van der Waals surface area contributed by atoms with Crippen LogP contribution in [0.3, 0.4) is 0 Å². The van der Waals surface area contributed by atoms with Crippen molar-refractivity contribution in [1.29, 1.82) is 10.5 Å². The number of sulfone groups is 2. The molecule has 4 aromatic carbocycles. The fraction of sp³-hybridized carbons (Fsp3) is 0.400. The van der Waals surface area contributed by atoms with Crippen LogP contribution in [0.4, 0.5) is 57.4 Å². The molecule has 10 N–H and O–H groups in total. The lowest BCUT2D eigenvalue weighted by Gasteiger charge is -2.20. The van der Waals surface area contributed by atoms with Crippen molar-refractivity contribution in [2.45, 2.75) is 23.6 Å². The standard InChI is InChI=1S/2C30H39N7O7S/c1-22-25(21-31)29(33-23-6-4-3-5-7-23)34-30(32-10-17-44-18-16-40)28(22)36-35-26-20-24(8-9-27(26)43-2)45(41,42)19-13-37(11-14-38)12-15-39;1-22-25(21-31)29(32-10-17-44-18-16-40)34-30(33-23-6-4-3-5-7-23)28(22)36-35-26-20-24(8-9-27(26)43-2)45(41,42)19-13-37(11-14-38)12-15-39/h2*3-9,20,38-40H,10-19H2,1-2H3,(H2,32,33,34). The first-order valence-corrected chi connectivity index (χ1v) is 31.8. The van der Waals surface area contributed by atoms with E-state index in [2.05, 4.69) is 63.8 Å². The molecule has 0 atom stereocenters. The van der Waals surface area contributed by atoms with Crippen LogP contribution in [0.15, 0.2) is 127 Å². The molecule has 2 aromatic heterocycles. The molecule has 28 nitrogen and oxygen atoms in total. The Balaban J connectivity index is 0.000000327. The van der Waals surface area contributed by atoms with Gasteiger partial charge in [-0.25, -0.2) is 26.8 Å². The van der Waals surface area contributed by atoms with Crippen molar-refractivity contribution in [3.63, 3.8) is 0 Å². The summed E-state index contributed by atoms with van der Waals surface area (Å²) in [4.78, 5) is 12.6. The molecule has 0 saturated heterocycles. The van der Waals surface area contributed by atoms with Gasteiger partial charge in [-0.3, -0.25) is 9.80 Å². The maximum absolute atomic E-state index is 13.2. The summed E-state index contributed by atoms with van der Waals surface area (Å²) >= 11 is 0. The van der Waals surface area contributed by atoms with Crippen LogP contribution in [0.5, 0.6) is 11.5 Å². The molecule has 0 unspecified atom stereocenters. The van der Waals surface area contributed by atoms with E-state index in [0.717, 1.165) is 5.69 Å². The number of benzene rings is 4. The summed E-state index contributed by atoms with van der Waals surface area (Å²) < 4.78 is 74.3. The molecule has 6 aromatic rings. The lowest BCUT2D eigenvalue weighted by molar-refractivity contribution is 0.0992. The van der Waals surface area contributed by atoms with Gasteiger partial charge in [-0.1, -0.05) is 36.4 Å². The first kappa shape index (κ1) is 72.4. The second-order valence-corrected chi connectivity index (χ2v) is 23.5. The Hall–Kier alpha value is -8.34. The maximum Gasteiger partial charge on any atom is 0.179 e. The van der Waals surface area contributed by atoms with Crippen molar-refractivity contribution in [2.75, 3.05) is 165 Å². The first-order valence-electron chi connectivity index (χ1n) is 28.5. The van der Waals surface area contributed by atoms with Crippen LogP contribution in [-0.2, 0) is 29.1 Å². The molecule has 0 saturated carbocycles. The third kappa shape index (κ3) is 22.0. The molecule has 0 aliphatic rings. The quantitative estimate of drug-likeness (QED) is 0.0161. The van der Waals surface area contributed by atoms with Crippen molar-refractivity contribution < 1.29 is 66.4 Å². The molecule has 30 heteroatoms. The molecule has 0 aliphatic carbocycles. The van der Waals surface area contributed by atoms with Gasteiger partial charge in [0.15, 0.2) is 37.1 Å². The van der Waals surface area contributed by atoms with E-state index < -0.39 is 19.7 Å². The van der Waals surface area contributed by atoms with Gasteiger partial charge in [0.05, 0.1) is 113 Å². The first-order chi connectivity index (χ1) is 43.5. The van der Waals surface area contributed by atoms with Crippen LogP contribution in [0.1, 0.15) is 22.3 Å².